The first-order valence-electron chi connectivity index (χ1n) is 9.97. The Balaban J connectivity index is 1.45. The van der Waals surface area contributed by atoms with Gasteiger partial charge in [0.05, 0.1) is 16.4 Å². The van der Waals surface area contributed by atoms with E-state index in [1.165, 1.54) is 6.08 Å². The highest BCUT2D eigenvalue weighted by Gasteiger charge is 2.09. The Morgan fingerprint density at radius 2 is 2.03 bits per heavy atom. The molecule has 32 heavy (non-hydrogen) atoms. The van der Waals surface area contributed by atoms with Crippen molar-refractivity contribution in [3.05, 3.63) is 81.6 Å². The summed E-state index contributed by atoms with van der Waals surface area (Å²) in [6.45, 7) is 6.13. The number of tetrazole rings is 1. The Bertz CT molecular complexity index is 1280. The lowest BCUT2D eigenvalue weighted by molar-refractivity contribution is -0.111. The molecule has 4 aromatic rings. The first kappa shape index (κ1) is 21.4. The van der Waals surface area contributed by atoms with Crippen molar-refractivity contribution in [3.63, 3.8) is 0 Å². The Labute approximate surface area is 189 Å². The van der Waals surface area contributed by atoms with Crippen molar-refractivity contribution >= 4 is 29.0 Å². The number of nitrogens with one attached hydrogen (secondary N) is 1. The standard InChI is InChI=1S/C23H22N6O2S/c1-15-8-10-19(12-21(15)29-16(2)26-27-28-29)25-23(30)11-9-18-6-4-5-7-22(18)31-13-20-14-32-17(3)24-20/h4-12,14H,13H2,1-3H3,(H,25,30)/b11-9+. The summed E-state index contributed by atoms with van der Waals surface area (Å²) >= 11 is 1.59. The van der Waals surface area contributed by atoms with E-state index in [1.54, 1.807) is 22.1 Å². The van der Waals surface area contributed by atoms with Crippen molar-refractivity contribution in [2.45, 2.75) is 27.4 Å². The second-order valence-electron chi connectivity index (χ2n) is 7.15. The molecule has 0 atom stereocenters. The monoisotopic (exact) mass is 446 g/mol. The van der Waals surface area contributed by atoms with Crippen LogP contribution in [-0.2, 0) is 11.4 Å². The number of hydrogen-bond acceptors (Lipinski definition) is 7. The minimum Gasteiger partial charge on any atom is -0.487 e. The molecule has 0 saturated carbocycles. The molecule has 0 aliphatic heterocycles. The molecule has 162 valence electrons. The van der Waals surface area contributed by atoms with Crippen LogP contribution >= 0.6 is 11.3 Å². The first-order chi connectivity index (χ1) is 15.5. The summed E-state index contributed by atoms with van der Waals surface area (Å²) in [6.07, 6.45) is 3.22. The number of benzene rings is 2. The van der Waals surface area contributed by atoms with E-state index in [-0.39, 0.29) is 5.91 Å². The molecule has 0 bridgehead atoms. The topological polar surface area (TPSA) is 94.8 Å². The summed E-state index contributed by atoms with van der Waals surface area (Å²) in [6, 6.07) is 13.2. The summed E-state index contributed by atoms with van der Waals surface area (Å²) < 4.78 is 7.55. The van der Waals surface area contributed by atoms with Crippen LogP contribution in [0.5, 0.6) is 5.75 Å². The quantitative estimate of drug-likeness (QED) is 0.426. The number of rotatable bonds is 7. The van der Waals surface area contributed by atoms with Crippen LogP contribution < -0.4 is 10.1 Å². The van der Waals surface area contributed by atoms with Gasteiger partial charge >= 0.3 is 0 Å². The van der Waals surface area contributed by atoms with E-state index in [1.807, 2.05) is 68.6 Å². The smallest absolute Gasteiger partial charge is 0.248 e. The summed E-state index contributed by atoms with van der Waals surface area (Å²) in [7, 11) is 0. The van der Waals surface area contributed by atoms with Gasteiger partial charge in [0.15, 0.2) is 5.82 Å². The summed E-state index contributed by atoms with van der Waals surface area (Å²) in [5.74, 6) is 1.10. The number of para-hydroxylation sites is 1. The molecule has 2 aromatic carbocycles. The van der Waals surface area contributed by atoms with Gasteiger partial charge in [-0.3, -0.25) is 4.79 Å². The molecule has 8 nitrogen and oxygen atoms in total. The molecule has 1 amide bonds. The van der Waals surface area contributed by atoms with Gasteiger partial charge in [-0.1, -0.05) is 24.3 Å². The van der Waals surface area contributed by atoms with Crippen molar-refractivity contribution < 1.29 is 9.53 Å². The number of hydrogen-bond donors (Lipinski definition) is 1. The zero-order valence-electron chi connectivity index (χ0n) is 17.9. The molecule has 0 radical (unpaired) electrons. The van der Waals surface area contributed by atoms with E-state index in [2.05, 4.69) is 25.8 Å². The van der Waals surface area contributed by atoms with Crippen molar-refractivity contribution in [2.75, 3.05) is 5.32 Å². The average Bonchev–Trinajstić information content (AvgIpc) is 3.40. The molecular formula is C23H22N6O2S. The van der Waals surface area contributed by atoms with Gasteiger partial charge in [-0.2, -0.15) is 4.68 Å². The molecule has 0 unspecified atom stereocenters. The molecule has 4 rings (SSSR count). The third-order valence-electron chi connectivity index (χ3n) is 4.71. The number of carbonyl (C=O) groups excluding carboxylic acids is 1. The molecule has 0 aliphatic carbocycles. The molecule has 2 heterocycles. The minimum absolute atomic E-state index is 0.252. The van der Waals surface area contributed by atoms with Gasteiger partial charge in [0.2, 0.25) is 5.91 Å². The second-order valence-corrected chi connectivity index (χ2v) is 8.21. The number of carbonyl (C=O) groups is 1. The normalized spacial score (nSPS) is 11.1. The van der Waals surface area contributed by atoms with Crippen LogP contribution in [0.4, 0.5) is 5.69 Å². The van der Waals surface area contributed by atoms with Crippen molar-refractivity contribution in [1.29, 1.82) is 0 Å². The molecule has 2 aromatic heterocycles. The van der Waals surface area contributed by atoms with Crippen LogP contribution in [0.15, 0.2) is 53.9 Å². The van der Waals surface area contributed by atoms with E-state index in [9.17, 15) is 4.79 Å². The third-order valence-corrected chi connectivity index (χ3v) is 5.53. The molecule has 0 aliphatic rings. The Morgan fingerprint density at radius 1 is 1.19 bits per heavy atom. The fourth-order valence-electron chi connectivity index (χ4n) is 3.09. The predicted octanol–water partition coefficient (Wildman–Crippen LogP) is 4.27. The van der Waals surface area contributed by atoms with E-state index in [4.69, 9.17) is 4.74 Å². The van der Waals surface area contributed by atoms with E-state index >= 15 is 0 Å². The molecular weight excluding hydrogens is 424 g/mol. The number of nitrogens with zero attached hydrogens (tertiary/aromatic N) is 5. The predicted molar refractivity (Wildman–Crippen MR) is 124 cm³/mol. The highest BCUT2D eigenvalue weighted by Crippen LogP contribution is 2.22. The molecule has 9 heteroatoms. The number of amides is 1. The lowest BCUT2D eigenvalue weighted by Crippen LogP contribution is -2.09. The fraction of sp³-hybridized carbons (Fsp3) is 0.174. The molecule has 1 N–H and O–H groups in total. The van der Waals surface area contributed by atoms with Gasteiger partial charge < -0.3 is 10.1 Å². The molecule has 0 spiro atoms. The summed E-state index contributed by atoms with van der Waals surface area (Å²) in [5.41, 5.74) is 4.15. The number of thiazole rings is 1. The molecule has 0 saturated heterocycles. The number of aromatic nitrogens is 5. The van der Waals surface area contributed by atoms with Crippen LogP contribution in [0.25, 0.3) is 11.8 Å². The lowest BCUT2D eigenvalue weighted by Gasteiger charge is -2.10. The fourth-order valence-corrected chi connectivity index (χ4v) is 3.69. The van der Waals surface area contributed by atoms with E-state index < -0.39 is 0 Å². The largest absolute Gasteiger partial charge is 0.487 e. The van der Waals surface area contributed by atoms with Gasteiger partial charge in [0.25, 0.3) is 0 Å². The number of ether oxygens (including phenoxy) is 1. The Hall–Kier alpha value is -3.85. The first-order valence-corrected chi connectivity index (χ1v) is 10.9. The van der Waals surface area contributed by atoms with Crippen LogP contribution in [0.1, 0.15) is 27.7 Å². The summed E-state index contributed by atoms with van der Waals surface area (Å²) in [5, 5.41) is 17.5. The SMILES string of the molecule is Cc1nc(COc2ccccc2/C=C/C(=O)Nc2ccc(C)c(-n3nnnc3C)c2)cs1. The van der Waals surface area contributed by atoms with E-state index in [0.29, 0.717) is 23.9 Å². The minimum atomic E-state index is -0.252. The highest BCUT2D eigenvalue weighted by molar-refractivity contribution is 7.09. The maximum Gasteiger partial charge on any atom is 0.248 e. The number of aryl methyl sites for hydroxylation is 3. The Kier molecular flexibility index (Phi) is 6.37. The van der Waals surface area contributed by atoms with Crippen molar-refractivity contribution in [2.24, 2.45) is 0 Å². The van der Waals surface area contributed by atoms with E-state index in [0.717, 1.165) is 27.5 Å². The van der Waals surface area contributed by atoms with Gasteiger partial charge in [-0.05, 0) is 61.0 Å². The number of anilines is 1. The Morgan fingerprint density at radius 3 is 2.78 bits per heavy atom. The van der Waals surface area contributed by atoms with Gasteiger partial charge in [0.1, 0.15) is 12.4 Å². The highest BCUT2D eigenvalue weighted by atomic mass is 32.1. The van der Waals surface area contributed by atoms with Gasteiger partial charge in [0, 0.05) is 22.7 Å². The maximum atomic E-state index is 12.5. The van der Waals surface area contributed by atoms with Crippen LogP contribution in [-0.4, -0.2) is 31.1 Å². The maximum absolute atomic E-state index is 12.5. The van der Waals surface area contributed by atoms with Crippen LogP contribution in [0, 0.1) is 20.8 Å². The second kappa shape index (κ2) is 9.52. The third kappa shape index (κ3) is 5.06. The van der Waals surface area contributed by atoms with Crippen LogP contribution in [0.3, 0.4) is 0 Å². The average molecular weight is 447 g/mol. The zero-order valence-corrected chi connectivity index (χ0v) is 18.8. The van der Waals surface area contributed by atoms with Crippen molar-refractivity contribution in [3.8, 4) is 11.4 Å². The lowest BCUT2D eigenvalue weighted by atomic mass is 10.1. The van der Waals surface area contributed by atoms with Crippen molar-refractivity contribution in [1.82, 2.24) is 25.2 Å². The zero-order chi connectivity index (χ0) is 22.5. The molecule has 0 fully saturated rings. The van der Waals surface area contributed by atoms with Gasteiger partial charge in [-0.25, -0.2) is 4.98 Å². The van der Waals surface area contributed by atoms with Crippen LogP contribution in [0.2, 0.25) is 0 Å². The van der Waals surface area contributed by atoms with Gasteiger partial charge in [-0.15, -0.1) is 16.4 Å². The summed E-state index contributed by atoms with van der Waals surface area (Å²) in [4.78, 5) is 16.9.